The molecule has 3 heteroatoms. The molecule has 1 spiro atoms. The van der Waals surface area contributed by atoms with Crippen molar-refractivity contribution in [2.24, 2.45) is 10.7 Å². The average molecular weight is 167 g/mol. The van der Waals surface area contributed by atoms with Gasteiger partial charge in [-0.1, -0.05) is 25.7 Å². The highest BCUT2D eigenvalue weighted by molar-refractivity contribution is 5.80. The van der Waals surface area contributed by atoms with Crippen LogP contribution in [0.2, 0.25) is 0 Å². The van der Waals surface area contributed by atoms with Gasteiger partial charge >= 0.3 is 0 Å². The Labute approximate surface area is 73.4 Å². The zero-order valence-corrected chi connectivity index (χ0v) is 7.47. The minimum Gasteiger partial charge on any atom is -0.370 e. The minimum absolute atomic E-state index is 0.251. The summed E-state index contributed by atoms with van der Waals surface area (Å²) in [5.41, 5.74) is 5.88. The average Bonchev–Trinajstić information content (AvgIpc) is 2.30. The maximum atomic E-state index is 5.63. The van der Waals surface area contributed by atoms with Crippen LogP contribution in [0.15, 0.2) is 4.99 Å². The fourth-order valence-electron chi connectivity index (χ4n) is 2.28. The molecule has 0 radical (unpaired) electrons. The normalized spacial score (nSPS) is 27.8. The van der Waals surface area contributed by atoms with Gasteiger partial charge in [-0.15, -0.1) is 0 Å². The lowest BCUT2D eigenvalue weighted by molar-refractivity contribution is 0.361. The third-order valence-corrected chi connectivity index (χ3v) is 3.01. The molecule has 3 N–H and O–H groups in total. The van der Waals surface area contributed by atoms with E-state index in [2.05, 4.69) is 10.3 Å². The quantitative estimate of drug-likeness (QED) is 0.565. The molecule has 0 atom stereocenters. The number of hydrogen-bond acceptors (Lipinski definition) is 3. The van der Waals surface area contributed by atoms with Crippen LogP contribution in [0.1, 0.15) is 38.5 Å². The van der Waals surface area contributed by atoms with Gasteiger partial charge in [-0.2, -0.15) is 0 Å². The topological polar surface area (TPSA) is 50.4 Å². The summed E-state index contributed by atoms with van der Waals surface area (Å²) in [6.07, 6.45) is 7.91. The minimum atomic E-state index is 0.251. The second-order valence-electron chi connectivity index (χ2n) is 4.02. The molecule has 0 aromatic carbocycles. The Morgan fingerprint density at radius 1 is 1.17 bits per heavy atom. The van der Waals surface area contributed by atoms with Crippen LogP contribution in [0.5, 0.6) is 0 Å². The Morgan fingerprint density at radius 3 is 2.33 bits per heavy atom. The Bertz CT molecular complexity index is 190. The van der Waals surface area contributed by atoms with E-state index in [0.29, 0.717) is 5.96 Å². The lowest BCUT2D eigenvalue weighted by Gasteiger charge is -2.27. The Hall–Kier alpha value is -0.730. The fourth-order valence-corrected chi connectivity index (χ4v) is 2.28. The van der Waals surface area contributed by atoms with E-state index in [1.54, 1.807) is 0 Å². The first kappa shape index (κ1) is 7.90. The summed E-state index contributed by atoms with van der Waals surface area (Å²) in [4.78, 5) is 4.24. The molecule has 1 fully saturated rings. The molecule has 0 aromatic heterocycles. The zero-order chi connectivity index (χ0) is 8.44. The van der Waals surface area contributed by atoms with E-state index in [1.807, 2.05) is 0 Å². The van der Waals surface area contributed by atoms with Crippen molar-refractivity contribution in [3.05, 3.63) is 0 Å². The van der Waals surface area contributed by atoms with Gasteiger partial charge in [0.2, 0.25) is 0 Å². The number of nitrogens with zero attached hydrogens (tertiary/aromatic N) is 1. The Morgan fingerprint density at radius 2 is 1.83 bits per heavy atom. The molecule has 68 valence electrons. The van der Waals surface area contributed by atoms with Gasteiger partial charge in [0, 0.05) is 0 Å². The van der Waals surface area contributed by atoms with Crippen LogP contribution >= 0.6 is 0 Å². The van der Waals surface area contributed by atoms with Crippen molar-refractivity contribution in [3.63, 3.8) is 0 Å². The summed E-state index contributed by atoms with van der Waals surface area (Å²) in [5, 5.41) is 3.34. The molecule has 3 nitrogen and oxygen atoms in total. The molecular weight excluding hydrogens is 150 g/mol. The molecule has 0 amide bonds. The summed E-state index contributed by atoms with van der Waals surface area (Å²) in [6.45, 7) is 0.902. The largest absolute Gasteiger partial charge is 0.370 e. The van der Waals surface area contributed by atoms with Crippen LogP contribution in [0.4, 0.5) is 0 Å². The van der Waals surface area contributed by atoms with Gasteiger partial charge < -0.3 is 11.1 Å². The van der Waals surface area contributed by atoms with Crippen LogP contribution < -0.4 is 11.1 Å². The van der Waals surface area contributed by atoms with Gasteiger partial charge in [0.25, 0.3) is 0 Å². The molecule has 1 saturated carbocycles. The molecular formula is C9H17N3. The molecule has 0 aromatic rings. The van der Waals surface area contributed by atoms with Gasteiger partial charge in [0.05, 0.1) is 12.1 Å². The van der Waals surface area contributed by atoms with E-state index >= 15 is 0 Å². The predicted molar refractivity (Wildman–Crippen MR) is 50.1 cm³/mol. The first-order valence-corrected chi connectivity index (χ1v) is 4.89. The second-order valence-corrected chi connectivity index (χ2v) is 4.02. The maximum absolute atomic E-state index is 5.63. The van der Waals surface area contributed by atoms with Crippen LogP contribution in [0, 0.1) is 0 Å². The highest BCUT2D eigenvalue weighted by atomic mass is 15.2. The van der Waals surface area contributed by atoms with Crippen molar-refractivity contribution in [1.82, 2.24) is 5.32 Å². The van der Waals surface area contributed by atoms with E-state index in [1.165, 1.54) is 38.5 Å². The highest BCUT2D eigenvalue weighted by Crippen LogP contribution is 2.29. The third-order valence-electron chi connectivity index (χ3n) is 3.01. The molecule has 1 aliphatic heterocycles. The van der Waals surface area contributed by atoms with Gasteiger partial charge in [-0.25, -0.2) is 0 Å². The number of hydrogen-bond donors (Lipinski definition) is 2. The molecule has 2 rings (SSSR count). The van der Waals surface area contributed by atoms with Crippen molar-refractivity contribution in [2.75, 3.05) is 6.54 Å². The maximum Gasteiger partial charge on any atom is 0.189 e. The van der Waals surface area contributed by atoms with E-state index in [-0.39, 0.29) is 5.54 Å². The molecule has 1 aliphatic carbocycles. The monoisotopic (exact) mass is 167 g/mol. The van der Waals surface area contributed by atoms with Gasteiger partial charge in [0.1, 0.15) is 0 Å². The molecule has 0 unspecified atom stereocenters. The summed E-state index contributed by atoms with van der Waals surface area (Å²) in [6, 6.07) is 0. The van der Waals surface area contributed by atoms with E-state index in [9.17, 15) is 0 Å². The summed E-state index contributed by atoms with van der Waals surface area (Å²) in [5.74, 6) is 0.650. The number of guanidine groups is 1. The van der Waals surface area contributed by atoms with Crippen molar-refractivity contribution >= 4 is 5.96 Å². The van der Waals surface area contributed by atoms with E-state index in [4.69, 9.17) is 5.73 Å². The Balaban J connectivity index is 2.01. The number of nitrogens with two attached hydrogens (primary N) is 1. The first-order chi connectivity index (χ1) is 5.81. The molecule has 12 heavy (non-hydrogen) atoms. The fraction of sp³-hybridized carbons (Fsp3) is 0.889. The third kappa shape index (κ3) is 1.40. The number of nitrogens with one attached hydrogen (secondary N) is 1. The first-order valence-electron chi connectivity index (χ1n) is 4.89. The van der Waals surface area contributed by atoms with Crippen LogP contribution in [0.3, 0.4) is 0 Å². The lowest BCUT2D eigenvalue weighted by Crippen LogP contribution is -2.47. The van der Waals surface area contributed by atoms with Crippen LogP contribution in [-0.4, -0.2) is 18.0 Å². The standard InChI is InChI=1S/C9H17N3/c10-8-11-7-9(12-8)5-3-1-2-4-6-9/h1-7H2,(H3,10,11,12). The highest BCUT2D eigenvalue weighted by Gasteiger charge is 2.34. The summed E-state index contributed by atoms with van der Waals surface area (Å²) in [7, 11) is 0. The number of rotatable bonds is 0. The summed E-state index contributed by atoms with van der Waals surface area (Å²) >= 11 is 0. The molecule has 0 bridgehead atoms. The van der Waals surface area contributed by atoms with E-state index < -0.39 is 0 Å². The van der Waals surface area contributed by atoms with Crippen molar-refractivity contribution in [1.29, 1.82) is 0 Å². The molecule has 0 saturated heterocycles. The van der Waals surface area contributed by atoms with Crippen molar-refractivity contribution in [3.8, 4) is 0 Å². The van der Waals surface area contributed by atoms with Gasteiger partial charge in [0.15, 0.2) is 5.96 Å². The Kier molecular flexibility index (Phi) is 1.95. The van der Waals surface area contributed by atoms with E-state index in [0.717, 1.165) is 6.54 Å². The SMILES string of the molecule is NC1=NCC2(CCCCCC2)N1. The molecule has 2 aliphatic rings. The van der Waals surface area contributed by atoms with Crippen LogP contribution in [-0.2, 0) is 0 Å². The van der Waals surface area contributed by atoms with Crippen molar-refractivity contribution in [2.45, 2.75) is 44.1 Å². The van der Waals surface area contributed by atoms with Gasteiger partial charge in [-0.05, 0) is 12.8 Å². The van der Waals surface area contributed by atoms with Gasteiger partial charge in [-0.3, -0.25) is 4.99 Å². The summed E-state index contributed by atoms with van der Waals surface area (Å²) < 4.78 is 0. The van der Waals surface area contributed by atoms with Crippen molar-refractivity contribution < 1.29 is 0 Å². The molecule has 1 heterocycles. The number of aliphatic imine (C=N–C) groups is 1. The lowest BCUT2D eigenvalue weighted by atomic mass is 9.91. The second kappa shape index (κ2) is 2.96. The predicted octanol–water partition coefficient (Wildman–Crippen LogP) is 0.997. The smallest absolute Gasteiger partial charge is 0.189 e. The zero-order valence-electron chi connectivity index (χ0n) is 7.47. The van der Waals surface area contributed by atoms with Crippen LogP contribution in [0.25, 0.3) is 0 Å².